The molecule has 5 nitrogen and oxygen atoms in total. The van der Waals surface area contributed by atoms with Gasteiger partial charge in [0.05, 0.1) is 11.9 Å². The summed E-state index contributed by atoms with van der Waals surface area (Å²) in [5, 5.41) is 4.32. The maximum absolute atomic E-state index is 14.5. The van der Waals surface area contributed by atoms with E-state index >= 15 is 0 Å². The second kappa shape index (κ2) is 8.23. The van der Waals surface area contributed by atoms with Crippen LogP contribution in [0.4, 0.5) is 10.1 Å². The van der Waals surface area contributed by atoms with Gasteiger partial charge in [0.15, 0.2) is 0 Å². The molecule has 0 atom stereocenters. The molecule has 0 spiro atoms. The van der Waals surface area contributed by atoms with Crippen molar-refractivity contribution in [2.75, 3.05) is 10.5 Å². The first-order valence-electron chi connectivity index (χ1n) is 8.55. The highest BCUT2D eigenvalue weighted by Crippen LogP contribution is 2.26. The molecular formula is C19H21FN4OS. The van der Waals surface area contributed by atoms with Gasteiger partial charge in [-0.15, -0.1) is 0 Å². The standard InChI is InChI=1S/C19H21FN4OS/c1-3-9-23-13-16(6-8-19(23)25)24-12-14(11-21-24)17-7-5-15(10-18(17)20)22-26-4-2/h5-8,10-13,22H,3-4,9H2,1-2H3. The summed E-state index contributed by atoms with van der Waals surface area (Å²) in [6.07, 6.45) is 6.04. The third-order valence-electron chi connectivity index (χ3n) is 3.89. The predicted molar refractivity (Wildman–Crippen MR) is 105 cm³/mol. The third-order valence-corrected chi connectivity index (χ3v) is 4.56. The molecule has 2 aromatic heterocycles. The van der Waals surface area contributed by atoms with Gasteiger partial charge < -0.3 is 9.29 Å². The van der Waals surface area contributed by atoms with E-state index in [4.69, 9.17) is 0 Å². The van der Waals surface area contributed by atoms with Crippen molar-refractivity contribution in [1.82, 2.24) is 14.3 Å². The lowest BCUT2D eigenvalue weighted by Crippen LogP contribution is -2.19. The van der Waals surface area contributed by atoms with Crippen molar-refractivity contribution in [2.24, 2.45) is 0 Å². The molecule has 3 aromatic rings. The molecule has 0 aliphatic heterocycles. The van der Waals surface area contributed by atoms with E-state index in [1.165, 1.54) is 24.1 Å². The maximum atomic E-state index is 14.5. The third kappa shape index (κ3) is 3.99. The lowest BCUT2D eigenvalue weighted by atomic mass is 10.1. The van der Waals surface area contributed by atoms with E-state index in [1.807, 2.05) is 19.9 Å². The minimum atomic E-state index is -0.304. The van der Waals surface area contributed by atoms with Gasteiger partial charge in [0.25, 0.3) is 5.56 Å². The summed E-state index contributed by atoms with van der Waals surface area (Å²) in [5.41, 5.74) is 2.64. The Kier molecular flexibility index (Phi) is 5.78. The molecule has 2 heterocycles. The summed E-state index contributed by atoms with van der Waals surface area (Å²) in [6.45, 7) is 4.70. The second-order valence-corrected chi connectivity index (χ2v) is 6.89. The number of hydrogen-bond donors (Lipinski definition) is 1. The highest BCUT2D eigenvalue weighted by molar-refractivity contribution is 8.00. The molecule has 0 saturated carbocycles. The average molecular weight is 372 g/mol. The van der Waals surface area contributed by atoms with Gasteiger partial charge in [-0.05, 0) is 30.7 Å². The fourth-order valence-corrected chi connectivity index (χ4v) is 3.08. The molecule has 0 unspecified atom stereocenters. The first-order chi connectivity index (χ1) is 12.6. The van der Waals surface area contributed by atoms with E-state index in [9.17, 15) is 9.18 Å². The van der Waals surface area contributed by atoms with Crippen LogP contribution in [0.3, 0.4) is 0 Å². The number of halogens is 1. The summed E-state index contributed by atoms with van der Waals surface area (Å²) in [4.78, 5) is 11.8. The fourth-order valence-electron chi connectivity index (χ4n) is 2.64. The van der Waals surface area contributed by atoms with Crippen LogP contribution in [0.25, 0.3) is 16.8 Å². The molecule has 1 N–H and O–H groups in total. The van der Waals surface area contributed by atoms with Crippen LogP contribution in [0.15, 0.2) is 53.7 Å². The van der Waals surface area contributed by atoms with Crippen molar-refractivity contribution < 1.29 is 4.39 Å². The Balaban J connectivity index is 1.88. The zero-order chi connectivity index (χ0) is 18.5. The van der Waals surface area contributed by atoms with E-state index in [0.717, 1.165) is 23.5 Å². The first kappa shape index (κ1) is 18.3. The molecule has 0 aliphatic rings. The molecule has 7 heteroatoms. The van der Waals surface area contributed by atoms with Crippen LogP contribution in [-0.2, 0) is 6.54 Å². The topological polar surface area (TPSA) is 51.9 Å². The second-order valence-electron chi connectivity index (χ2n) is 5.82. The molecule has 26 heavy (non-hydrogen) atoms. The quantitative estimate of drug-likeness (QED) is 0.627. The zero-order valence-corrected chi connectivity index (χ0v) is 15.6. The molecule has 1 aromatic carbocycles. The molecular weight excluding hydrogens is 351 g/mol. The van der Waals surface area contributed by atoms with Crippen molar-refractivity contribution in [2.45, 2.75) is 26.8 Å². The van der Waals surface area contributed by atoms with Crippen LogP contribution in [0.1, 0.15) is 20.3 Å². The summed E-state index contributed by atoms with van der Waals surface area (Å²) in [7, 11) is 0. The van der Waals surface area contributed by atoms with Crippen LogP contribution < -0.4 is 10.3 Å². The van der Waals surface area contributed by atoms with Crippen LogP contribution in [0, 0.1) is 5.82 Å². The number of nitrogens with one attached hydrogen (secondary N) is 1. The van der Waals surface area contributed by atoms with Crippen LogP contribution in [0.2, 0.25) is 0 Å². The summed E-state index contributed by atoms with van der Waals surface area (Å²) < 4.78 is 20.9. The Morgan fingerprint density at radius 3 is 2.77 bits per heavy atom. The summed E-state index contributed by atoms with van der Waals surface area (Å²) in [5.74, 6) is 0.596. The largest absolute Gasteiger partial charge is 0.330 e. The van der Waals surface area contributed by atoms with Crippen molar-refractivity contribution in [3.05, 3.63) is 65.1 Å². The lowest BCUT2D eigenvalue weighted by molar-refractivity contribution is 0.632. The van der Waals surface area contributed by atoms with E-state index in [1.54, 1.807) is 40.0 Å². The van der Waals surface area contributed by atoms with Crippen molar-refractivity contribution in [3.8, 4) is 16.8 Å². The molecule has 0 fully saturated rings. The van der Waals surface area contributed by atoms with E-state index in [2.05, 4.69) is 9.82 Å². The molecule has 0 bridgehead atoms. The number of aryl methyl sites for hydroxylation is 1. The van der Waals surface area contributed by atoms with Gasteiger partial charge >= 0.3 is 0 Å². The van der Waals surface area contributed by atoms with E-state index in [-0.39, 0.29) is 11.4 Å². The molecule has 136 valence electrons. The van der Waals surface area contributed by atoms with Crippen LogP contribution in [0.5, 0.6) is 0 Å². The summed E-state index contributed by atoms with van der Waals surface area (Å²) in [6, 6.07) is 8.32. The molecule has 0 radical (unpaired) electrons. The molecule has 3 rings (SSSR count). The van der Waals surface area contributed by atoms with Crippen molar-refractivity contribution in [3.63, 3.8) is 0 Å². The number of hydrogen-bond acceptors (Lipinski definition) is 4. The van der Waals surface area contributed by atoms with Gasteiger partial charge in [-0.2, -0.15) is 5.10 Å². The zero-order valence-electron chi connectivity index (χ0n) is 14.8. The Bertz CT molecular complexity index is 951. The number of anilines is 1. The number of rotatable bonds is 7. The fraction of sp³-hybridized carbons (Fsp3) is 0.263. The SMILES string of the molecule is CCCn1cc(-n2cc(-c3ccc(NSCC)cc3F)cn2)ccc1=O. The number of benzene rings is 1. The Morgan fingerprint density at radius 1 is 1.19 bits per heavy atom. The minimum absolute atomic E-state index is 0.0398. The number of aromatic nitrogens is 3. The molecule has 0 saturated heterocycles. The summed E-state index contributed by atoms with van der Waals surface area (Å²) >= 11 is 1.52. The van der Waals surface area contributed by atoms with Gasteiger partial charge in [0.2, 0.25) is 0 Å². The first-order valence-corrected chi connectivity index (χ1v) is 9.54. The Labute approximate surface area is 156 Å². The highest BCUT2D eigenvalue weighted by atomic mass is 32.2. The normalized spacial score (nSPS) is 10.9. The smallest absolute Gasteiger partial charge is 0.250 e. The Hall–Kier alpha value is -2.54. The Morgan fingerprint density at radius 2 is 2.04 bits per heavy atom. The van der Waals surface area contributed by atoms with Gasteiger partial charge in [0, 0.05) is 47.6 Å². The van der Waals surface area contributed by atoms with Gasteiger partial charge in [-0.3, -0.25) is 4.79 Å². The average Bonchev–Trinajstić information content (AvgIpc) is 3.12. The lowest BCUT2D eigenvalue weighted by Gasteiger charge is -2.07. The number of nitrogens with zero attached hydrogens (tertiary/aromatic N) is 3. The van der Waals surface area contributed by atoms with Crippen LogP contribution in [-0.4, -0.2) is 20.1 Å². The molecule has 0 aliphatic carbocycles. The van der Waals surface area contributed by atoms with E-state index < -0.39 is 0 Å². The van der Waals surface area contributed by atoms with Gasteiger partial charge in [-0.1, -0.05) is 25.8 Å². The number of pyridine rings is 1. The predicted octanol–water partition coefficient (Wildman–Crippen LogP) is 4.33. The van der Waals surface area contributed by atoms with Gasteiger partial charge in [0.1, 0.15) is 5.82 Å². The van der Waals surface area contributed by atoms with Gasteiger partial charge in [-0.25, -0.2) is 9.07 Å². The monoisotopic (exact) mass is 372 g/mol. The van der Waals surface area contributed by atoms with Crippen LogP contribution >= 0.6 is 11.9 Å². The maximum Gasteiger partial charge on any atom is 0.250 e. The highest BCUT2D eigenvalue weighted by Gasteiger charge is 2.10. The van der Waals surface area contributed by atoms with Crippen molar-refractivity contribution >= 4 is 17.6 Å². The van der Waals surface area contributed by atoms with E-state index in [0.29, 0.717) is 17.7 Å². The molecule has 0 amide bonds. The van der Waals surface area contributed by atoms with Crippen molar-refractivity contribution in [1.29, 1.82) is 0 Å². The minimum Gasteiger partial charge on any atom is -0.330 e.